The average Bonchev–Trinajstić information content (AvgIpc) is 3.02. The zero-order chi connectivity index (χ0) is 18.2. The van der Waals surface area contributed by atoms with Crippen molar-refractivity contribution >= 4 is 5.91 Å². The Morgan fingerprint density at radius 1 is 1.36 bits per heavy atom. The lowest BCUT2D eigenvalue weighted by Gasteiger charge is -2.17. The summed E-state index contributed by atoms with van der Waals surface area (Å²) in [6, 6.07) is 6.22. The molecule has 0 spiro atoms. The van der Waals surface area contributed by atoms with Crippen LogP contribution < -0.4 is 10.1 Å². The Bertz CT molecular complexity index is 694. The van der Waals surface area contributed by atoms with E-state index >= 15 is 0 Å². The Labute approximate surface area is 144 Å². The number of benzene rings is 1. The van der Waals surface area contributed by atoms with E-state index in [1.165, 1.54) is 6.07 Å². The van der Waals surface area contributed by atoms with Crippen molar-refractivity contribution in [3.63, 3.8) is 0 Å². The molecule has 0 unspecified atom stereocenters. The zero-order valence-corrected chi connectivity index (χ0v) is 14.0. The molecule has 0 aliphatic heterocycles. The smallest absolute Gasteiger partial charge is 0.387 e. The lowest BCUT2D eigenvalue weighted by atomic mass is 10.2. The van der Waals surface area contributed by atoms with E-state index in [0.29, 0.717) is 18.7 Å². The first kappa shape index (κ1) is 18.8. The van der Waals surface area contributed by atoms with Crippen LogP contribution in [-0.2, 0) is 11.3 Å². The van der Waals surface area contributed by atoms with E-state index < -0.39 is 6.61 Å². The van der Waals surface area contributed by atoms with E-state index in [4.69, 9.17) is 4.52 Å². The Morgan fingerprint density at radius 2 is 2.12 bits per heavy atom. The number of likely N-dealkylation sites (N-methyl/N-ethyl adjacent to an activating group) is 2. The number of alkyl halides is 2. The average molecular weight is 354 g/mol. The van der Waals surface area contributed by atoms with Crippen molar-refractivity contribution in [1.82, 2.24) is 20.4 Å². The molecule has 0 radical (unpaired) electrons. The largest absolute Gasteiger partial charge is 0.434 e. The van der Waals surface area contributed by atoms with Crippen LogP contribution in [0.25, 0.3) is 11.4 Å². The highest BCUT2D eigenvalue weighted by molar-refractivity contribution is 5.77. The Balaban J connectivity index is 2.10. The monoisotopic (exact) mass is 354 g/mol. The van der Waals surface area contributed by atoms with Crippen LogP contribution in [0.1, 0.15) is 19.7 Å². The summed E-state index contributed by atoms with van der Waals surface area (Å²) in [7, 11) is 0. The van der Waals surface area contributed by atoms with Gasteiger partial charge in [0.1, 0.15) is 5.75 Å². The predicted octanol–water partition coefficient (Wildman–Crippen LogP) is 2.30. The molecule has 7 nitrogen and oxygen atoms in total. The topological polar surface area (TPSA) is 80.5 Å². The van der Waals surface area contributed by atoms with Gasteiger partial charge in [-0.1, -0.05) is 24.2 Å². The minimum absolute atomic E-state index is 0.0282. The third kappa shape index (κ3) is 5.49. The van der Waals surface area contributed by atoms with Gasteiger partial charge in [0.2, 0.25) is 17.6 Å². The minimum Gasteiger partial charge on any atom is -0.434 e. The van der Waals surface area contributed by atoms with Gasteiger partial charge in [-0.3, -0.25) is 9.69 Å². The molecule has 0 bridgehead atoms. The highest BCUT2D eigenvalue weighted by Crippen LogP contribution is 2.28. The number of nitrogens with zero attached hydrogens (tertiary/aromatic N) is 3. The summed E-state index contributed by atoms with van der Waals surface area (Å²) in [4.78, 5) is 17.7. The first-order valence-electron chi connectivity index (χ1n) is 7.89. The molecular weight excluding hydrogens is 334 g/mol. The Morgan fingerprint density at radius 3 is 2.80 bits per heavy atom. The maximum Gasteiger partial charge on any atom is 0.387 e. The Hall–Kier alpha value is -2.55. The van der Waals surface area contributed by atoms with Crippen LogP contribution in [0.2, 0.25) is 0 Å². The number of halogens is 2. The van der Waals surface area contributed by atoms with Crippen molar-refractivity contribution in [2.24, 2.45) is 0 Å². The molecule has 1 heterocycles. The maximum atomic E-state index is 12.5. The highest BCUT2D eigenvalue weighted by Gasteiger charge is 2.18. The second kappa shape index (κ2) is 9.07. The molecule has 9 heteroatoms. The SMILES string of the molecule is CCNC(=O)CN(CC)Cc1nc(-c2ccccc2OC(F)F)no1. The van der Waals surface area contributed by atoms with Gasteiger partial charge in [0.25, 0.3) is 0 Å². The first-order valence-corrected chi connectivity index (χ1v) is 7.89. The van der Waals surface area contributed by atoms with Crippen LogP contribution in [0.4, 0.5) is 8.78 Å². The number of hydrogen-bond donors (Lipinski definition) is 1. The fourth-order valence-electron chi connectivity index (χ4n) is 2.21. The molecule has 0 fully saturated rings. The summed E-state index contributed by atoms with van der Waals surface area (Å²) in [5.74, 6) is 0.313. The second-order valence-corrected chi connectivity index (χ2v) is 5.14. The van der Waals surface area contributed by atoms with Gasteiger partial charge >= 0.3 is 6.61 Å². The molecule has 2 rings (SSSR count). The summed E-state index contributed by atoms with van der Waals surface area (Å²) < 4.78 is 34.6. The normalized spacial score (nSPS) is 11.1. The summed E-state index contributed by atoms with van der Waals surface area (Å²) in [5.41, 5.74) is 0.310. The highest BCUT2D eigenvalue weighted by atomic mass is 19.3. The number of carbonyl (C=O) groups is 1. The van der Waals surface area contributed by atoms with E-state index in [1.54, 1.807) is 18.2 Å². The van der Waals surface area contributed by atoms with Gasteiger partial charge in [0.15, 0.2) is 0 Å². The lowest BCUT2D eigenvalue weighted by Crippen LogP contribution is -2.36. The number of hydrogen-bond acceptors (Lipinski definition) is 6. The fourth-order valence-corrected chi connectivity index (χ4v) is 2.21. The van der Waals surface area contributed by atoms with Crippen molar-refractivity contribution in [3.8, 4) is 17.1 Å². The molecule has 2 aromatic rings. The summed E-state index contributed by atoms with van der Waals surface area (Å²) in [5, 5.41) is 6.54. The van der Waals surface area contributed by atoms with E-state index in [0.717, 1.165) is 0 Å². The fraction of sp³-hybridized carbons (Fsp3) is 0.438. The summed E-state index contributed by atoms with van der Waals surface area (Å²) in [6.45, 7) is 2.45. The third-order valence-corrected chi connectivity index (χ3v) is 3.36. The third-order valence-electron chi connectivity index (χ3n) is 3.36. The standard InChI is InChI=1S/C16H20F2N4O3/c1-3-19-13(23)9-22(4-2)10-14-20-15(21-25-14)11-7-5-6-8-12(11)24-16(17)18/h5-8,16H,3-4,9-10H2,1-2H3,(H,19,23). The van der Waals surface area contributed by atoms with E-state index in [2.05, 4.69) is 20.2 Å². The van der Waals surface area contributed by atoms with Crippen molar-refractivity contribution in [3.05, 3.63) is 30.2 Å². The molecule has 1 amide bonds. The molecule has 1 aromatic heterocycles. The number of carbonyl (C=O) groups excluding carboxylic acids is 1. The second-order valence-electron chi connectivity index (χ2n) is 5.14. The van der Waals surface area contributed by atoms with Crippen LogP contribution in [0.3, 0.4) is 0 Å². The molecule has 0 aliphatic carbocycles. The number of amides is 1. The maximum absolute atomic E-state index is 12.5. The molecule has 25 heavy (non-hydrogen) atoms. The van der Waals surface area contributed by atoms with Crippen molar-refractivity contribution in [2.45, 2.75) is 27.0 Å². The van der Waals surface area contributed by atoms with Crippen LogP contribution in [-0.4, -0.2) is 47.2 Å². The van der Waals surface area contributed by atoms with Crippen molar-refractivity contribution < 1.29 is 22.8 Å². The van der Waals surface area contributed by atoms with Crippen molar-refractivity contribution in [1.29, 1.82) is 0 Å². The van der Waals surface area contributed by atoms with Gasteiger partial charge in [-0.25, -0.2) is 0 Å². The number of rotatable bonds is 9. The van der Waals surface area contributed by atoms with Crippen LogP contribution in [0.15, 0.2) is 28.8 Å². The van der Waals surface area contributed by atoms with Gasteiger partial charge < -0.3 is 14.6 Å². The van der Waals surface area contributed by atoms with Crippen LogP contribution in [0, 0.1) is 0 Å². The number of nitrogens with one attached hydrogen (secondary N) is 1. The molecule has 0 aliphatic rings. The predicted molar refractivity (Wildman–Crippen MR) is 86.0 cm³/mol. The van der Waals surface area contributed by atoms with Crippen LogP contribution >= 0.6 is 0 Å². The van der Waals surface area contributed by atoms with Crippen LogP contribution in [0.5, 0.6) is 5.75 Å². The molecule has 0 saturated heterocycles. The number of aromatic nitrogens is 2. The van der Waals surface area contributed by atoms with Gasteiger partial charge in [-0.2, -0.15) is 13.8 Å². The van der Waals surface area contributed by atoms with Gasteiger partial charge in [0.05, 0.1) is 18.7 Å². The molecular formula is C16H20F2N4O3. The molecule has 0 saturated carbocycles. The molecule has 1 aromatic carbocycles. The number of ether oxygens (including phenoxy) is 1. The summed E-state index contributed by atoms with van der Waals surface area (Å²) in [6.07, 6.45) is 0. The zero-order valence-electron chi connectivity index (χ0n) is 14.0. The molecule has 0 atom stereocenters. The van der Waals surface area contributed by atoms with E-state index in [9.17, 15) is 13.6 Å². The lowest BCUT2D eigenvalue weighted by molar-refractivity contribution is -0.122. The van der Waals surface area contributed by atoms with Gasteiger partial charge in [-0.15, -0.1) is 0 Å². The van der Waals surface area contributed by atoms with Crippen molar-refractivity contribution in [2.75, 3.05) is 19.6 Å². The first-order chi connectivity index (χ1) is 12.0. The van der Waals surface area contributed by atoms with E-state index in [-0.39, 0.29) is 36.5 Å². The van der Waals surface area contributed by atoms with E-state index in [1.807, 2.05) is 18.7 Å². The summed E-state index contributed by atoms with van der Waals surface area (Å²) >= 11 is 0. The van der Waals surface area contributed by atoms with Gasteiger partial charge in [0, 0.05) is 6.54 Å². The van der Waals surface area contributed by atoms with Gasteiger partial charge in [-0.05, 0) is 25.6 Å². The Kier molecular flexibility index (Phi) is 6.81. The molecule has 1 N–H and O–H groups in total. The number of para-hydroxylation sites is 1. The minimum atomic E-state index is -2.94. The molecule has 136 valence electrons. The quantitative estimate of drug-likeness (QED) is 0.744.